The van der Waals surface area contributed by atoms with Crippen LogP contribution in [0.2, 0.25) is 0 Å². The number of piperazine rings is 1. The van der Waals surface area contributed by atoms with Crippen LogP contribution in [-0.2, 0) is 17.9 Å². The topological polar surface area (TPSA) is 162 Å². The van der Waals surface area contributed by atoms with Crippen molar-refractivity contribution in [1.29, 1.82) is 0 Å². The number of aliphatic carboxylic acids is 1. The van der Waals surface area contributed by atoms with E-state index in [9.17, 15) is 22.8 Å². The molecule has 46 heavy (non-hydrogen) atoms. The first-order valence-corrected chi connectivity index (χ1v) is 13.6. The first kappa shape index (κ1) is 33.0. The molecule has 1 amide bonds. The van der Waals surface area contributed by atoms with Gasteiger partial charge in [-0.05, 0) is 24.6 Å². The number of carboxylic acid groups (broad SMARTS) is 1. The summed E-state index contributed by atoms with van der Waals surface area (Å²) in [6, 6.07) is 13.4. The van der Waals surface area contributed by atoms with Crippen LogP contribution in [-0.4, -0.2) is 68.4 Å². The van der Waals surface area contributed by atoms with Crippen LogP contribution in [0.1, 0.15) is 22.8 Å². The Labute approximate surface area is 259 Å². The number of alkyl halides is 3. The number of nitrogens with zero attached hydrogens (tertiary/aromatic N) is 6. The van der Waals surface area contributed by atoms with E-state index in [-0.39, 0.29) is 41.6 Å². The van der Waals surface area contributed by atoms with Crippen molar-refractivity contribution in [2.24, 2.45) is 5.73 Å². The summed E-state index contributed by atoms with van der Waals surface area (Å²) < 4.78 is 41.0. The summed E-state index contributed by atoms with van der Waals surface area (Å²) in [4.78, 5) is 50.1. The molecule has 0 aliphatic carbocycles. The van der Waals surface area contributed by atoms with E-state index in [1.54, 1.807) is 54.0 Å². The Hall–Kier alpha value is -5.87. The Balaban J connectivity index is 0.000000617. The molecular formula is C30H27F3N8O5. The SMILES string of the molecule is O=C(O)C(F)(F)F.[C-]#[N+]c1cccc(Cn2c(Oc3ccccc3C(N)=O)nc3nc(N4CCNCC4)n(CC#CC)c3c2=O)c1. The molecule has 238 valence electrons. The number of primary amides is 1. The second-order valence-electron chi connectivity index (χ2n) is 9.67. The van der Waals surface area contributed by atoms with Gasteiger partial charge < -0.3 is 25.8 Å². The highest BCUT2D eigenvalue weighted by molar-refractivity contribution is 5.95. The summed E-state index contributed by atoms with van der Waals surface area (Å²) >= 11 is 0. The number of ether oxygens (including phenoxy) is 1. The maximum atomic E-state index is 14.1. The second kappa shape index (κ2) is 14.3. The van der Waals surface area contributed by atoms with Crippen LogP contribution in [0.25, 0.3) is 16.0 Å². The Morgan fingerprint density at radius 3 is 2.46 bits per heavy atom. The van der Waals surface area contributed by atoms with Crippen LogP contribution in [0.5, 0.6) is 11.8 Å². The molecule has 5 rings (SSSR count). The number of para-hydroxylation sites is 1. The minimum absolute atomic E-state index is 0.0486. The van der Waals surface area contributed by atoms with Crippen LogP contribution in [0.3, 0.4) is 0 Å². The van der Waals surface area contributed by atoms with Gasteiger partial charge in [0, 0.05) is 26.2 Å². The van der Waals surface area contributed by atoms with E-state index in [1.807, 2.05) is 6.07 Å². The van der Waals surface area contributed by atoms with Crippen molar-refractivity contribution < 1.29 is 32.6 Å². The van der Waals surface area contributed by atoms with Crippen LogP contribution in [0.15, 0.2) is 53.3 Å². The van der Waals surface area contributed by atoms with E-state index in [2.05, 4.69) is 31.9 Å². The molecule has 2 aromatic carbocycles. The van der Waals surface area contributed by atoms with Gasteiger partial charge in [0.2, 0.25) is 5.95 Å². The Morgan fingerprint density at radius 2 is 1.83 bits per heavy atom. The molecule has 0 atom stereocenters. The lowest BCUT2D eigenvalue weighted by molar-refractivity contribution is -0.192. The van der Waals surface area contributed by atoms with Crippen LogP contribution in [0.4, 0.5) is 24.8 Å². The maximum Gasteiger partial charge on any atom is 0.490 e. The molecule has 13 nitrogen and oxygen atoms in total. The number of benzene rings is 2. The smallest absolute Gasteiger partial charge is 0.475 e. The molecule has 1 aliphatic rings. The number of carbonyl (C=O) groups is 2. The molecule has 4 aromatic rings. The third-order valence-electron chi connectivity index (χ3n) is 6.60. The Bertz CT molecular complexity index is 1930. The molecule has 0 unspecified atom stereocenters. The lowest BCUT2D eigenvalue weighted by Crippen LogP contribution is -2.44. The average Bonchev–Trinajstić information content (AvgIpc) is 3.40. The molecule has 0 radical (unpaired) electrons. The minimum atomic E-state index is -5.08. The zero-order chi connectivity index (χ0) is 33.4. The van der Waals surface area contributed by atoms with Crippen molar-refractivity contribution in [3.63, 3.8) is 0 Å². The summed E-state index contributed by atoms with van der Waals surface area (Å²) in [5.41, 5.74) is 6.99. The van der Waals surface area contributed by atoms with Gasteiger partial charge in [0.1, 0.15) is 5.75 Å². The normalized spacial score (nSPS) is 12.7. The van der Waals surface area contributed by atoms with Crippen molar-refractivity contribution in [2.75, 3.05) is 31.1 Å². The van der Waals surface area contributed by atoms with Crippen molar-refractivity contribution >= 4 is 34.7 Å². The Kier molecular flexibility index (Phi) is 10.3. The molecular weight excluding hydrogens is 609 g/mol. The molecule has 1 fully saturated rings. The largest absolute Gasteiger partial charge is 0.490 e. The average molecular weight is 637 g/mol. The van der Waals surface area contributed by atoms with Crippen LogP contribution >= 0.6 is 0 Å². The number of fused-ring (bicyclic) bond motifs is 1. The van der Waals surface area contributed by atoms with Gasteiger partial charge in [-0.3, -0.25) is 18.7 Å². The third-order valence-corrected chi connectivity index (χ3v) is 6.60. The fraction of sp³-hybridized carbons (Fsp3) is 0.267. The van der Waals surface area contributed by atoms with Gasteiger partial charge in [0.15, 0.2) is 16.9 Å². The number of carbonyl (C=O) groups excluding carboxylic acids is 1. The quantitative estimate of drug-likeness (QED) is 0.204. The fourth-order valence-electron chi connectivity index (χ4n) is 4.48. The molecule has 1 aliphatic heterocycles. The van der Waals surface area contributed by atoms with Gasteiger partial charge in [0.05, 0.1) is 25.2 Å². The summed E-state index contributed by atoms with van der Waals surface area (Å²) in [5, 5.41) is 10.4. The zero-order valence-corrected chi connectivity index (χ0v) is 24.3. The van der Waals surface area contributed by atoms with Crippen molar-refractivity contribution in [1.82, 2.24) is 24.4 Å². The van der Waals surface area contributed by atoms with Crippen molar-refractivity contribution in [3.05, 3.63) is 81.4 Å². The Morgan fingerprint density at radius 1 is 1.13 bits per heavy atom. The van der Waals surface area contributed by atoms with Gasteiger partial charge in [-0.25, -0.2) is 9.64 Å². The number of imidazole rings is 1. The van der Waals surface area contributed by atoms with E-state index in [0.717, 1.165) is 26.2 Å². The molecule has 4 N–H and O–H groups in total. The predicted octanol–water partition coefficient (Wildman–Crippen LogP) is 3.15. The summed E-state index contributed by atoms with van der Waals surface area (Å²) in [6.45, 7) is 12.5. The number of nitrogens with one attached hydrogen (secondary N) is 1. The second-order valence-corrected chi connectivity index (χ2v) is 9.67. The minimum Gasteiger partial charge on any atom is -0.475 e. The highest BCUT2D eigenvalue weighted by Gasteiger charge is 2.38. The van der Waals surface area contributed by atoms with E-state index in [0.29, 0.717) is 22.7 Å². The number of halogens is 3. The van der Waals surface area contributed by atoms with Crippen LogP contribution in [0, 0.1) is 18.4 Å². The maximum absolute atomic E-state index is 14.1. The number of rotatable bonds is 7. The number of hydrogen-bond acceptors (Lipinski definition) is 8. The first-order valence-electron chi connectivity index (χ1n) is 13.6. The lowest BCUT2D eigenvalue weighted by atomic mass is 10.2. The molecule has 0 spiro atoms. The predicted molar refractivity (Wildman–Crippen MR) is 161 cm³/mol. The standard InChI is InChI=1S/C28H26N8O3.C2HF3O2/c1-3-4-14-35-23-25(32-27(35)34-15-12-31-13-16-34)33-28(39-22-11-6-5-10-21(22)24(29)37)36(26(23)38)18-19-8-7-9-20(17-19)30-2;3-2(4,5)1(6)7/h5-11,17,31H,12-16,18H2,1H3,(H2,29,37);(H,6,7). The number of amides is 1. The lowest BCUT2D eigenvalue weighted by Gasteiger charge is -2.28. The number of carboxylic acids is 1. The summed E-state index contributed by atoms with van der Waals surface area (Å²) in [7, 11) is 0. The highest BCUT2D eigenvalue weighted by atomic mass is 19.4. The molecule has 3 heterocycles. The fourth-order valence-corrected chi connectivity index (χ4v) is 4.48. The summed E-state index contributed by atoms with van der Waals surface area (Å²) in [6.07, 6.45) is -5.08. The van der Waals surface area contributed by atoms with Gasteiger partial charge in [-0.2, -0.15) is 23.1 Å². The van der Waals surface area contributed by atoms with E-state index in [4.69, 9.17) is 31.9 Å². The van der Waals surface area contributed by atoms with E-state index in [1.165, 1.54) is 4.57 Å². The molecule has 0 saturated carbocycles. The van der Waals surface area contributed by atoms with Crippen molar-refractivity contribution in [3.8, 4) is 23.6 Å². The molecule has 2 aromatic heterocycles. The molecule has 1 saturated heterocycles. The highest BCUT2D eigenvalue weighted by Crippen LogP contribution is 2.27. The van der Waals surface area contributed by atoms with Crippen molar-refractivity contribution in [2.45, 2.75) is 26.2 Å². The number of hydrogen-bond donors (Lipinski definition) is 3. The zero-order valence-electron chi connectivity index (χ0n) is 24.3. The molecule has 0 bridgehead atoms. The van der Waals surface area contributed by atoms with E-state index < -0.39 is 18.1 Å². The number of aromatic nitrogens is 4. The van der Waals surface area contributed by atoms with Gasteiger partial charge in [-0.15, -0.1) is 5.92 Å². The monoisotopic (exact) mass is 636 g/mol. The number of anilines is 1. The molecule has 16 heteroatoms. The van der Waals surface area contributed by atoms with Gasteiger partial charge >= 0.3 is 18.2 Å². The number of nitrogens with two attached hydrogens (primary N) is 1. The summed E-state index contributed by atoms with van der Waals surface area (Å²) in [5.74, 6) is 3.28. The third kappa shape index (κ3) is 7.61. The van der Waals surface area contributed by atoms with Gasteiger partial charge in [-0.1, -0.05) is 42.3 Å². The van der Waals surface area contributed by atoms with Crippen LogP contribution < -0.4 is 26.2 Å². The first-order chi connectivity index (χ1) is 21.9. The van der Waals surface area contributed by atoms with Gasteiger partial charge in [0.25, 0.3) is 11.5 Å². The van der Waals surface area contributed by atoms with E-state index >= 15 is 0 Å².